The Hall–Kier alpha value is -1.78. The molecule has 20 heavy (non-hydrogen) atoms. The lowest BCUT2D eigenvalue weighted by atomic mass is 10.2. The van der Waals surface area contributed by atoms with Crippen molar-refractivity contribution in [2.24, 2.45) is 0 Å². The molecule has 0 atom stereocenters. The van der Waals surface area contributed by atoms with Crippen molar-refractivity contribution in [3.63, 3.8) is 0 Å². The molecule has 0 radical (unpaired) electrons. The van der Waals surface area contributed by atoms with E-state index in [0.717, 1.165) is 5.56 Å². The lowest BCUT2D eigenvalue weighted by Gasteiger charge is -2.11. The van der Waals surface area contributed by atoms with Crippen molar-refractivity contribution in [1.82, 2.24) is 4.98 Å². The molecule has 4 nitrogen and oxygen atoms in total. The molecule has 1 N–H and O–H groups in total. The third-order valence-electron chi connectivity index (χ3n) is 2.67. The number of benzene rings is 1. The summed E-state index contributed by atoms with van der Waals surface area (Å²) in [6.07, 6.45) is 1.34. The molecule has 0 bridgehead atoms. The summed E-state index contributed by atoms with van der Waals surface area (Å²) >= 11 is 11.7. The number of carbonyl (C=O) groups excluding carboxylic acids is 1. The van der Waals surface area contributed by atoms with Crippen molar-refractivity contribution >= 4 is 34.8 Å². The first-order chi connectivity index (χ1) is 9.51. The van der Waals surface area contributed by atoms with E-state index < -0.39 is 0 Å². The van der Waals surface area contributed by atoms with Crippen molar-refractivity contribution in [2.45, 2.75) is 6.92 Å². The molecule has 0 fully saturated rings. The Morgan fingerprint density at radius 2 is 2.05 bits per heavy atom. The lowest BCUT2D eigenvalue weighted by Crippen LogP contribution is -2.13. The predicted octanol–water partition coefficient (Wildman–Crippen LogP) is 3.96. The molecule has 104 valence electrons. The quantitative estimate of drug-likeness (QED) is 0.873. The van der Waals surface area contributed by atoms with Crippen LogP contribution in [0, 0.1) is 6.92 Å². The van der Waals surface area contributed by atoms with Crippen LogP contribution in [-0.2, 0) is 0 Å². The number of aromatic nitrogens is 1. The van der Waals surface area contributed by atoms with Gasteiger partial charge in [-0.25, -0.2) is 4.98 Å². The van der Waals surface area contributed by atoms with Crippen LogP contribution in [-0.4, -0.2) is 18.0 Å². The van der Waals surface area contributed by atoms with Crippen molar-refractivity contribution in [1.29, 1.82) is 0 Å². The molecule has 6 heteroatoms. The number of rotatable bonds is 3. The van der Waals surface area contributed by atoms with Gasteiger partial charge in [-0.3, -0.25) is 4.79 Å². The predicted molar refractivity (Wildman–Crippen MR) is 79.9 cm³/mol. The van der Waals surface area contributed by atoms with Gasteiger partial charge in [0.1, 0.15) is 10.9 Å². The molecule has 0 saturated carbocycles. The van der Waals surface area contributed by atoms with Gasteiger partial charge in [0, 0.05) is 6.20 Å². The zero-order chi connectivity index (χ0) is 14.7. The van der Waals surface area contributed by atoms with E-state index in [4.69, 9.17) is 27.9 Å². The Morgan fingerprint density at radius 1 is 1.30 bits per heavy atom. The molecule has 1 aromatic carbocycles. The van der Waals surface area contributed by atoms with Gasteiger partial charge in [-0.2, -0.15) is 0 Å². The summed E-state index contributed by atoms with van der Waals surface area (Å²) in [6.45, 7) is 1.94. The largest absolute Gasteiger partial charge is 0.495 e. The second-order valence-corrected chi connectivity index (χ2v) is 4.94. The highest BCUT2D eigenvalue weighted by molar-refractivity contribution is 6.35. The molecule has 0 unspecified atom stereocenters. The summed E-state index contributed by atoms with van der Waals surface area (Å²) < 4.78 is 5.23. The summed E-state index contributed by atoms with van der Waals surface area (Å²) in [5, 5.41) is 3.18. The van der Waals surface area contributed by atoms with Crippen molar-refractivity contribution in [2.75, 3.05) is 12.4 Å². The van der Waals surface area contributed by atoms with E-state index in [0.29, 0.717) is 11.4 Å². The van der Waals surface area contributed by atoms with Gasteiger partial charge in [-0.1, -0.05) is 29.3 Å². The van der Waals surface area contributed by atoms with Gasteiger partial charge in [-0.05, 0) is 30.7 Å². The summed E-state index contributed by atoms with van der Waals surface area (Å²) in [6, 6.07) is 6.89. The maximum Gasteiger partial charge on any atom is 0.257 e. The number of nitrogens with one attached hydrogen (secondary N) is 1. The summed E-state index contributed by atoms with van der Waals surface area (Å²) in [7, 11) is 1.54. The molecule has 2 aromatic rings. The average molecular weight is 311 g/mol. The number of hydrogen-bond acceptors (Lipinski definition) is 3. The number of hydrogen-bond donors (Lipinski definition) is 1. The first-order valence-corrected chi connectivity index (χ1v) is 6.54. The van der Waals surface area contributed by atoms with E-state index >= 15 is 0 Å². The van der Waals surface area contributed by atoms with Crippen LogP contribution in [0.15, 0.2) is 30.5 Å². The standard InChI is InChI=1S/C14H12Cl2N2O2/c1-8-3-4-11(12(5-8)20-2)18-14(19)9-6-13(16)17-7-10(9)15/h3-7H,1-2H3,(H,18,19). The lowest BCUT2D eigenvalue weighted by molar-refractivity contribution is 0.102. The Bertz CT molecular complexity index is 660. The van der Waals surface area contributed by atoms with Crippen LogP contribution in [0.2, 0.25) is 10.2 Å². The van der Waals surface area contributed by atoms with E-state index in [2.05, 4.69) is 10.3 Å². The van der Waals surface area contributed by atoms with Crippen molar-refractivity contribution < 1.29 is 9.53 Å². The van der Waals surface area contributed by atoms with Gasteiger partial charge in [-0.15, -0.1) is 0 Å². The van der Waals surface area contributed by atoms with E-state index in [9.17, 15) is 4.79 Å². The number of halogens is 2. The smallest absolute Gasteiger partial charge is 0.257 e. The molecule has 0 saturated heterocycles. The summed E-state index contributed by atoms with van der Waals surface area (Å²) in [5.41, 5.74) is 1.85. The van der Waals surface area contributed by atoms with Crippen LogP contribution in [0.1, 0.15) is 15.9 Å². The second-order valence-electron chi connectivity index (χ2n) is 4.14. The highest BCUT2D eigenvalue weighted by Crippen LogP contribution is 2.27. The Morgan fingerprint density at radius 3 is 2.75 bits per heavy atom. The number of nitrogens with zero attached hydrogens (tertiary/aromatic N) is 1. The molecule has 0 aliphatic heterocycles. The zero-order valence-electron chi connectivity index (χ0n) is 10.9. The third kappa shape index (κ3) is 3.21. The third-order valence-corrected chi connectivity index (χ3v) is 3.18. The van der Waals surface area contributed by atoms with Crippen LogP contribution >= 0.6 is 23.2 Å². The zero-order valence-corrected chi connectivity index (χ0v) is 12.4. The van der Waals surface area contributed by atoms with E-state index in [1.54, 1.807) is 13.2 Å². The van der Waals surface area contributed by atoms with Gasteiger partial charge in [0.05, 0.1) is 23.4 Å². The molecular weight excluding hydrogens is 299 g/mol. The van der Waals surface area contributed by atoms with E-state index in [1.807, 2.05) is 19.1 Å². The van der Waals surface area contributed by atoms with Gasteiger partial charge in [0.15, 0.2) is 0 Å². The summed E-state index contributed by atoms with van der Waals surface area (Å²) in [4.78, 5) is 16.0. The normalized spacial score (nSPS) is 10.2. The van der Waals surface area contributed by atoms with Crippen molar-refractivity contribution in [3.05, 3.63) is 51.8 Å². The minimum atomic E-state index is -0.374. The molecule has 1 heterocycles. The fourth-order valence-corrected chi connectivity index (χ4v) is 2.03. The Balaban J connectivity index is 2.30. The first-order valence-electron chi connectivity index (χ1n) is 5.78. The molecule has 1 amide bonds. The number of carbonyl (C=O) groups is 1. The first kappa shape index (κ1) is 14.6. The molecule has 0 spiro atoms. The minimum absolute atomic E-state index is 0.204. The summed E-state index contributed by atoms with van der Waals surface area (Å²) in [5.74, 6) is 0.205. The Kier molecular flexibility index (Phi) is 4.47. The average Bonchev–Trinajstić information content (AvgIpc) is 2.43. The van der Waals surface area contributed by atoms with Gasteiger partial charge in [0.25, 0.3) is 5.91 Å². The maximum absolute atomic E-state index is 12.2. The van der Waals surface area contributed by atoms with Crippen LogP contribution in [0.4, 0.5) is 5.69 Å². The number of anilines is 1. The highest BCUT2D eigenvalue weighted by Gasteiger charge is 2.14. The molecule has 1 aromatic heterocycles. The Labute approximate surface area is 126 Å². The van der Waals surface area contributed by atoms with Crippen LogP contribution in [0.3, 0.4) is 0 Å². The number of ether oxygens (including phenoxy) is 1. The molecule has 0 aliphatic rings. The van der Waals surface area contributed by atoms with Crippen LogP contribution in [0.25, 0.3) is 0 Å². The number of methoxy groups -OCH3 is 1. The SMILES string of the molecule is COc1cc(C)ccc1NC(=O)c1cc(Cl)ncc1Cl. The molecule has 0 aliphatic carbocycles. The second kappa shape index (κ2) is 6.11. The van der Waals surface area contributed by atoms with E-state index in [1.165, 1.54) is 12.3 Å². The van der Waals surface area contributed by atoms with Gasteiger partial charge < -0.3 is 10.1 Å². The maximum atomic E-state index is 12.2. The number of pyridine rings is 1. The van der Waals surface area contributed by atoms with Gasteiger partial charge in [0.2, 0.25) is 0 Å². The monoisotopic (exact) mass is 310 g/mol. The van der Waals surface area contributed by atoms with E-state index in [-0.39, 0.29) is 21.6 Å². The van der Waals surface area contributed by atoms with Crippen LogP contribution < -0.4 is 10.1 Å². The fourth-order valence-electron chi connectivity index (χ4n) is 1.68. The number of aryl methyl sites for hydroxylation is 1. The minimum Gasteiger partial charge on any atom is -0.495 e. The fraction of sp³-hybridized carbons (Fsp3) is 0.143. The highest BCUT2D eigenvalue weighted by atomic mass is 35.5. The van der Waals surface area contributed by atoms with Crippen molar-refractivity contribution in [3.8, 4) is 5.75 Å². The molecule has 2 rings (SSSR count). The number of amides is 1. The van der Waals surface area contributed by atoms with Crippen LogP contribution in [0.5, 0.6) is 5.75 Å². The molecular formula is C14H12Cl2N2O2. The topological polar surface area (TPSA) is 51.2 Å². The van der Waals surface area contributed by atoms with Gasteiger partial charge >= 0.3 is 0 Å².